The summed E-state index contributed by atoms with van der Waals surface area (Å²) in [5, 5.41) is 5.48. The quantitative estimate of drug-likeness (QED) is 0.925. The maximum absolute atomic E-state index is 4.53. The standard InChI is InChI=1S/C15H22N4S/c1-4-7-16-15-18-17-14(9-20-15)13-8-10(2)19(11(13)3)12-5-6-12/h8,12H,4-7,9H2,1-3H3,(H,16,18). The Labute approximate surface area is 124 Å². The topological polar surface area (TPSA) is 41.7 Å². The van der Waals surface area contributed by atoms with Crippen molar-refractivity contribution in [1.82, 2.24) is 9.99 Å². The smallest absolute Gasteiger partial charge is 0.177 e. The summed E-state index contributed by atoms with van der Waals surface area (Å²) in [6.07, 6.45) is 3.72. The predicted molar refractivity (Wildman–Crippen MR) is 86.9 cm³/mol. The minimum atomic E-state index is 0.732. The molecule has 0 atom stereocenters. The Morgan fingerprint density at radius 2 is 2.25 bits per heavy atom. The van der Waals surface area contributed by atoms with Gasteiger partial charge in [-0.2, -0.15) is 5.10 Å². The van der Waals surface area contributed by atoms with Crippen LogP contribution in [0.4, 0.5) is 0 Å². The molecular formula is C15H22N4S. The molecule has 20 heavy (non-hydrogen) atoms. The lowest BCUT2D eigenvalue weighted by molar-refractivity contribution is 0.699. The third-order valence-electron chi connectivity index (χ3n) is 3.82. The maximum atomic E-state index is 4.53. The summed E-state index contributed by atoms with van der Waals surface area (Å²) < 4.78 is 2.48. The lowest BCUT2D eigenvalue weighted by atomic mass is 10.1. The summed E-state index contributed by atoms with van der Waals surface area (Å²) in [5.74, 6) is 0.907. The van der Waals surface area contributed by atoms with Crippen LogP contribution in [-0.2, 0) is 0 Å². The Morgan fingerprint density at radius 1 is 1.45 bits per heavy atom. The molecule has 0 radical (unpaired) electrons. The Bertz CT molecular complexity index is 567. The molecule has 0 amide bonds. The number of nitrogens with zero attached hydrogens (tertiary/aromatic N) is 3. The summed E-state index contributed by atoms with van der Waals surface area (Å²) in [7, 11) is 0. The number of hydrazone groups is 1. The van der Waals surface area contributed by atoms with Crippen LogP contribution in [0.1, 0.15) is 49.2 Å². The van der Waals surface area contributed by atoms with Gasteiger partial charge in [0.25, 0.3) is 0 Å². The number of rotatable bonds is 4. The highest BCUT2D eigenvalue weighted by Gasteiger charge is 2.28. The van der Waals surface area contributed by atoms with Gasteiger partial charge in [0.15, 0.2) is 5.17 Å². The van der Waals surface area contributed by atoms with Gasteiger partial charge in [0.05, 0.1) is 5.71 Å². The van der Waals surface area contributed by atoms with Crippen molar-refractivity contribution >= 4 is 22.6 Å². The number of hydrogen-bond acceptors (Lipinski definition) is 3. The van der Waals surface area contributed by atoms with E-state index in [0.29, 0.717) is 0 Å². The molecule has 2 aliphatic rings. The molecule has 0 unspecified atom stereocenters. The monoisotopic (exact) mass is 290 g/mol. The van der Waals surface area contributed by atoms with Gasteiger partial charge in [0.2, 0.25) is 0 Å². The number of aliphatic imine (C=N–C) groups is 1. The Morgan fingerprint density at radius 3 is 2.85 bits per heavy atom. The number of thioether (sulfide) groups is 1. The fourth-order valence-electron chi connectivity index (χ4n) is 2.71. The van der Waals surface area contributed by atoms with Gasteiger partial charge in [-0.05, 0) is 39.2 Å². The van der Waals surface area contributed by atoms with Crippen LogP contribution in [-0.4, -0.2) is 27.7 Å². The zero-order valence-electron chi connectivity index (χ0n) is 12.4. The number of hydrogen-bond donors (Lipinski definition) is 1. The van der Waals surface area contributed by atoms with Crippen LogP contribution in [0.5, 0.6) is 0 Å². The molecule has 1 saturated carbocycles. The van der Waals surface area contributed by atoms with Crippen LogP contribution >= 0.6 is 11.8 Å². The van der Waals surface area contributed by atoms with Gasteiger partial charge in [-0.3, -0.25) is 10.4 Å². The van der Waals surface area contributed by atoms with Crippen molar-refractivity contribution in [3.8, 4) is 0 Å². The van der Waals surface area contributed by atoms with Crippen LogP contribution < -0.4 is 5.43 Å². The van der Waals surface area contributed by atoms with E-state index >= 15 is 0 Å². The third kappa shape index (κ3) is 2.64. The van der Waals surface area contributed by atoms with E-state index in [2.05, 4.69) is 46.9 Å². The highest BCUT2D eigenvalue weighted by atomic mass is 32.2. The van der Waals surface area contributed by atoms with E-state index in [1.165, 1.54) is 29.8 Å². The summed E-state index contributed by atoms with van der Waals surface area (Å²) >= 11 is 1.75. The Balaban J connectivity index is 1.81. The molecule has 1 aromatic rings. The van der Waals surface area contributed by atoms with Gasteiger partial charge in [-0.15, -0.1) is 0 Å². The summed E-state index contributed by atoms with van der Waals surface area (Å²) in [6, 6.07) is 3.01. The molecule has 1 aromatic heterocycles. The van der Waals surface area contributed by atoms with E-state index < -0.39 is 0 Å². The van der Waals surface area contributed by atoms with Crippen LogP contribution in [0, 0.1) is 13.8 Å². The minimum absolute atomic E-state index is 0.732. The molecule has 4 nitrogen and oxygen atoms in total. The molecule has 5 heteroatoms. The summed E-state index contributed by atoms with van der Waals surface area (Å²) in [6.45, 7) is 7.43. The zero-order chi connectivity index (χ0) is 14.1. The van der Waals surface area contributed by atoms with E-state index in [1.807, 2.05) is 0 Å². The SMILES string of the molecule is CCCN=C1NN=C(c2cc(C)n(C3CC3)c2C)CS1. The molecule has 0 aromatic carbocycles. The molecule has 3 rings (SSSR count). The van der Waals surface area contributed by atoms with Gasteiger partial charge in [0.1, 0.15) is 0 Å². The molecule has 1 N–H and O–H groups in total. The van der Waals surface area contributed by atoms with Crippen molar-refractivity contribution < 1.29 is 0 Å². The molecular weight excluding hydrogens is 268 g/mol. The lowest BCUT2D eigenvalue weighted by Gasteiger charge is -2.15. The van der Waals surface area contributed by atoms with E-state index in [9.17, 15) is 0 Å². The van der Waals surface area contributed by atoms with E-state index in [0.717, 1.165) is 35.6 Å². The van der Waals surface area contributed by atoms with Crippen LogP contribution in [0.3, 0.4) is 0 Å². The highest BCUT2D eigenvalue weighted by molar-refractivity contribution is 8.14. The van der Waals surface area contributed by atoms with Crippen LogP contribution in [0.2, 0.25) is 0 Å². The third-order valence-corrected chi connectivity index (χ3v) is 4.73. The van der Waals surface area contributed by atoms with Crippen molar-refractivity contribution in [2.75, 3.05) is 12.3 Å². The largest absolute Gasteiger partial charge is 0.345 e. The molecule has 2 heterocycles. The average Bonchev–Trinajstić information content (AvgIpc) is 3.23. The first kappa shape index (κ1) is 13.7. The fourth-order valence-corrected chi connectivity index (χ4v) is 3.50. The predicted octanol–water partition coefficient (Wildman–Crippen LogP) is 3.25. The second-order valence-corrected chi connectivity index (χ2v) is 6.50. The molecule has 1 aliphatic heterocycles. The fraction of sp³-hybridized carbons (Fsp3) is 0.600. The van der Waals surface area contributed by atoms with E-state index in [-0.39, 0.29) is 0 Å². The average molecular weight is 290 g/mol. The second kappa shape index (κ2) is 5.64. The molecule has 108 valence electrons. The molecule has 0 saturated heterocycles. The van der Waals surface area contributed by atoms with Crippen molar-refractivity contribution in [1.29, 1.82) is 0 Å². The number of aryl methyl sites for hydroxylation is 1. The molecule has 0 bridgehead atoms. The van der Waals surface area contributed by atoms with Crippen molar-refractivity contribution in [2.45, 2.75) is 46.1 Å². The normalized spacial score (nSPS) is 20.9. The van der Waals surface area contributed by atoms with Gasteiger partial charge in [-0.1, -0.05) is 18.7 Å². The molecule has 1 fully saturated rings. The van der Waals surface area contributed by atoms with Gasteiger partial charge < -0.3 is 4.57 Å². The van der Waals surface area contributed by atoms with E-state index in [1.54, 1.807) is 11.8 Å². The maximum Gasteiger partial charge on any atom is 0.177 e. The van der Waals surface area contributed by atoms with Crippen molar-refractivity contribution in [2.24, 2.45) is 10.1 Å². The summed E-state index contributed by atoms with van der Waals surface area (Å²) in [4.78, 5) is 4.47. The number of amidine groups is 1. The van der Waals surface area contributed by atoms with Gasteiger partial charge >= 0.3 is 0 Å². The van der Waals surface area contributed by atoms with Crippen LogP contribution in [0.25, 0.3) is 0 Å². The lowest BCUT2D eigenvalue weighted by Crippen LogP contribution is -2.26. The Kier molecular flexibility index (Phi) is 3.87. The molecule has 1 aliphatic carbocycles. The first-order chi connectivity index (χ1) is 9.70. The first-order valence-electron chi connectivity index (χ1n) is 7.39. The Hall–Kier alpha value is -1.23. The van der Waals surface area contributed by atoms with Crippen LogP contribution in [0.15, 0.2) is 16.2 Å². The van der Waals surface area contributed by atoms with Gasteiger partial charge in [-0.25, -0.2) is 0 Å². The van der Waals surface area contributed by atoms with Crippen molar-refractivity contribution in [3.63, 3.8) is 0 Å². The minimum Gasteiger partial charge on any atom is -0.345 e. The van der Waals surface area contributed by atoms with Crippen molar-refractivity contribution in [3.05, 3.63) is 23.0 Å². The van der Waals surface area contributed by atoms with Gasteiger partial charge in [0, 0.05) is 35.3 Å². The highest BCUT2D eigenvalue weighted by Crippen LogP contribution is 2.38. The molecule has 0 spiro atoms. The first-order valence-corrected chi connectivity index (χ1v) is 8.38. The zero-order valence-corrected chi connectivity index (χ0v) is 13.3. The number of aromatic nitrogens is 1. The second-order valence-electron chi connectivity index (χ2n) is 5.53. The van der Waals surface area contributed by atoms with E-state index in [4.69, 9.17) is 0 Å². The summed E-state index contributed by atoms with van der Waals surface area (Å²) in [5.41, 5.74) is 8.25. The number of nitrogens with one attached hydrogen (secondary N) is 1.